The second-order valence-electron chi connectivity index (χ2n) is 6.82. The number of piperidine rings is 2. The molecular formula is C19H19N3O4. The lowest BCUT2D eigenvalue weighted by Crippen LogP contribution is -2.57. The Balaban J connectivity index is 1.55. The number of carbonyl (C=O) groups excluding carboxylic acids is 1. The predicted molar refractivity (Wildman–Crippen MR) is 91.8 cm³/mol. The highest BCUT2D eigenvalue weighted by atomic mass is 16.5. The molecule has 1 saturated carbocycles. The summed E-state index contributed by atoms with van der Waals surface area (Å²) in [5.41, 5.74) is 0.489. The third kappa shape index (κ3) is 3.12. The van der Waals surface area contributed by atoms with Crippen LogP contribution >= 0.6 is 0 Å². The first-order valence-electron chi connectivity index (χ1n) is 8.69. The summed E-state index contributed by atoms with van der Waals surface area (Å²) in [5, 5.41) is 9.47. The molecule has 2 aromatic rings. The molecule has 1 aromatic heterocycles. The quantitative estimate of drug-likeness (QED) is 0.908. The summed E-state index contributed by atoms with van der Waals surface area (Å²) < 4.78 is 5.64. The second kappa shape index (κ2) is 6.74. The van der Waals surface area contributed by atoms with Crippen molar-refractivity contribution in [2.75, 3.05) is 6.54 Å². The summed E-state index contributed by atoms with van der Waals surface area (Å²) in [4.78, 5) is 34.3. The number of fused-ring (bicyclic) bond motifs is 3. The van der Waals surface area contributed by atoms with E-state index < -0.39 is 11.9 Å². The monoisotopic (exact) mass is 353 g/mol. The van der Waals surface area contributed by atoms with E-state index in [1.165, 1.54) is 12.4 Å². The van der Waals surface area contributed by atoms with Crippen LogP contribution in [-0.4, -0.2) is 44.4 Å². The van der Waals surface area contributed by atoms with Crippen LogP contribution in [0.5, 0.6) is 11.6 Å². The molecule has 26 heavy (non-hydrogen) atoms. The molecule has 0 spiro atoms. The van der Waals surface area contributed by atoms with Crippen LogP contribution in [0.3, 0.4) is 0 Å². The van der Waals surface area contributed by atoms with Crippen molar-refractivity contribution in [2.24, 2.45) is 11.8 Å². The normalized spacial score (nSPS) is 24.3. The summed E-state index contributed by atoms with van der Waals surface area (Å²) in [6, 6.07) is 6.65. The number of carbonyl (C=O) groups is 2. The largest absolute Gasteiger partial charge is 0.481 e. The molecule has 1 N–H and O–H groups in total. The van der Waals surface area contributed by atoms with Crippen LogP contribution in [0.1, 0.15) is 29.6 Å². The standard InChI is InChI=1S/C19H19N3O4/c23-18(22-11-12-4-5-16(22)15(8-12)19(24)25)13-2-1-3-14(9-13)26-17-10-20-6-7-21-17/h1-3,6-7,9-10,12,15-16H,4-5,8,11H2,(H,24,25)/t12-,15-,16+/m1/s1. The molecule has 3 heterocycles. The first-order chi connectivity index (χ1) is 12.6. The van der Waals surface area contributed by atoms with E-state index in [4.69, 9.17) is 4.74 Å². The summed E-state index contributed by atoms with van der Waals surface area (Å²) in [5.74, 6) is -0.310. The lowest BCUT2D eigenvalue weighted by molar-refractivity contribution is -0.148. The number of ether oxygens (including phenoxy) is 1. The van der Waals surface area contributed by atoms with Crippen LogP contribution in [0.2, 0.25) is 0 Å². The topological polar surface area (TPSA) is 92.6 Å². The first-order valence-corrected chi connectivity index (χ1v) is 8.69. The molecule has 2 aliphatic heterocycles. The summed E-state index contributed by atoms with van der Waals surface area (Å²) in [7, 11) is 0. The van der Waals surface area contributed by atoms with E-state index in [0.717, 1.165) is 12.8 Å². The number of carboxylic acids is 1. The smallest absolute Gasteiger partial charge is 0.308 e. The average Bonchev–Trinajstić information content (AvgIpc) is 2.68. The number of hydrogen-bond acceptors (Lipinski definition) is 5. The summed E-state index contributed by atoms with van der Waals surface area (Å²) in [6.07, 6.45) is 6.99. The number of benzene rings is 1. The van der Waals surface area contributed by atoms with Crippen molar-refractivity contribution < 1.29 is 19.4 Å². The lowest BCUT2D eigenvalue weighted by atomic mass is 9.72. The fourth-order valence-corrected chi connectivity index (χ4v) is 4.01. The highest BCUT2D eigenvalue weighted by Gasteiger charge is 2.46. The SMILES string of the molecule is O=C(O)[C@@H]1C[C@H]2CC[C@@H]1N(C(=O)c1cccc(Oc3cnccn3)c1)C2. The lowest BCUT2D eigenvalue weighted by Gasteiger charge is -2.48. The van der Waals surface area contributed by atoms with Gasteiger partial charge in [0.25, 0.3) is 5.91 Å². The summed E-state index contributed by atoms with van der Waals surface area (Å²) >= 11 is 0. The highest BCUT2D eigenvalue weighted by Crippen LogP contribution is 2.40. The number of nitrogens with zero attached hydrogens (tertiary/aromatic N) is 3. The maximum atomic E-state index is 13.0. The molecule has 0 unspecified atom stereocenters. The number of aromatic nitrogens is 2. The van der Waals surface area contributed by atoms with Gasteiger partial charge in [0.2, 0.25) is 5.88 Å². The average molecular weight is 353 g/mol. The van der Waals surface area contributed by atoms with Crippen molar-refractivity contribution in [3.8, 4) is 11.6 Å². The van der Waals surface area contributed by atoms with Crippen molar-refractivity contribution in [1.29, 1.82) is 0 Å². The first kappa shape index (κ1) is 16.5. The van der Waals surface area contributed by atoms with E-state index in [1.54, 1.807) is 35.4 Å². The van der Waals surface area contributed by atoms with Gasteiger partial charge >= 0.3 is 5.97 Å². The zero-order valence-electron chi connectivity index (χ0n) is 14.1. The third-order valence-electron chi connectivity index (χ3n) is 5.20. The van der Waals surface area contributed by atoms with Gasteiger partial charge in [0, 0.05) is 30.5 Å². The molecule has 3 atom stereocenters. The minimum Gasteiger partial charge on any atom is -0.481 e. The number of carboxylic acid groups (broad SMARTS) is 1. The number of rotatable bonds is 4. The molecule has 3 aliphatic rings. The van der Waals surface area contributed by atoms with Crippen LogP contribution in [0, 0.1) is 11.8 Å². The Hall–Kier alpha value is -2.96. The van der Waals surface area contributed by atoms with Crippen LogP contribution < -0.4 is 4.74 Å². The third-order valence-corrected chi connectivity index (χ3v) is 5.20. The molecule has 0 radical (unpaired) electrons. The van der Waals surface area contributed by atoms with Crippen molar-refractivity contribution in [3.63, 3.8) is 0 Å². The van der Waals surface area contributed by atoms with Gasteiger partial charge in [0.1, 0.15) is 5.75 Å². The van der Waals surface area contributed by atoms with E-state index in [-0.39, 0.29) is 17.9 Å². The Bertz CT molecular complexity index is 827. The van der Waals surface area contributed by atoms with E-state index >= 15 is 0 Å². The predicted octanol–water partition coefficient (Wildman–Crippen LogP) is 2.59. The Labute approximate surface area is 150 Å². The summed E-state index contributed by atoms with van der Waals surface area (Å²) in [6.45, 7) is 0.628. The molecular weight excluding hydrogens is 334 g/mol. The highest BCUT2D eigenvalue weighted by molar-refractivity contribution is 5.95. The Morgan fingerprint density at radius 2 is 2.12 bits per heavy atom. The van der Waals surface area contributed by atoms with Crippen molar-refractivity contribution in [1.82, 2.24) is 14.9 Å². The van der Waals surface area contributed by atoms with Crippen molar-refractivity contribution in [2.45, 2.75) is 25.3 Å². The van der Waals surface area contributed by atoms with Crippen molar-refractivity contribution in [3.05, 3.63) is 48.4 Å². The fourth-order valence-electron chi connectivity index (χ4n) is 4.01. The van der Waals surface area contributed by atoms with Crippen molar-refractivity contribution >= 4 is 11.9 Å². The van der Waals surface area contributed by atoms with Gasteiger partial charge in [-0.25, -0.2) is 4.98 Å². The number of amides is 1. The Morgan fingerprint density at radius 1 is 1.23 bits per heavy atom. The Kier molecular flexibility index (Phi) is 4.28. The molecule has 1 aliphatic carbocycles. The van der Waals surface area contributed by atoms with Gasteiger partial charge in [0.05, 0.1) is 12.1 Å². The number of hydrogen-bond donors (Lipinski definition) is 1. The van der Waals surface area contributed by atoms with E-state index in [1.807, 2.05) is 0 Å². The van der Waals surface area contributed by atoms with Crippen LogP contribution in [0.15, 0.2) is 42.9 Å². The molecule has 7 nitrogen and oxygen atoms in total. The second-order valence-corrected chi connectivity index (χ2v) is 6.82. The van der Waals surface area contributed by atoms with Crippen LogP contribution in [-0.2, 0) is 4.79 Å². The van der Waals surface area contributed by atoms with Gasteiger partial charge < -0.3 is 14.7 Å². The molecule has 2 bridgehead atoms. The fraction of sp³-hybridized carbons (Fsp3) is 0.368. The van der Waals surface area contributed by atoms with Crippen LogP contribution in [0.4, 0.5) is 0 Å². The van der Waals surface area contributed by atoms with Gasteiger partial charge in [-0.15, -0.1) is 0 Å². The molecule has 3 fully saturated rings. The molecule has 134 valence electrons. The van der Waals surface area contributed by atoms with E-state index in [0.29, 0.717) is 30.2 Å². The van der Waals surface area contributed by atoms with Gasteiger partial charge in [-0.05, 0) is 43.4 Å². The maximum absolute atomic E-state index is 13.0. The van der Waals surface area contributed by atoms with Gasteiger partial charge in [-0.1, -0.05) is 6.07 Å². The Morgan fingerprint density at radius 3 is 2.85 bits per heavy atom. The zero-order valence-corrected chi connectivity index (χ0v) is 14.1. The minimum absolute atomic E-state index is 0.143. The van der Waals surface area contributed by atoms with E-state index in [9.17, 15) is 14.7 Å². The molecule has 5 rings (SSSR count). The molecule has 1 amide bonds. The maximum Gasteiger partial charge on any atom is 0.308 e. The van der Waals surface area contributed by atoms with Gasteiger partial charge in [0.15, 0.2) is 0 Å². The minimum atomic E-state index is -0.808. The number of aliphatic carboxylic acids is 1. The molecule has 2 saturated heterocycles. The van der Waals surface area contributed by atoms with Gasteiger partial charge in [-0.3, -0.25) is 14.6 Å². The van der Waals surface area contributed by atoms with Crippen LogP contribution in [0.25, 0.3) is 0 Å². The van der Waals surface area contributed by atoms with E-state index in [2.05, 4.69) is 9.97 Å². The molecule has 7 heteroatoms. The zero-order chi connectivity index (χ0) is 18.1. The molecule has 1 aromatic carbocycles. The van der Waals surface area contributed by atoms with Gasteiger partial charge in [-0.2, -0.15) is 0 Å².